The third kappa shape index (κ3) is 5.32. The Kier molecular flexibility index (Phi) is 7.22. The molecule has 174 valence electrons. The van der Waals surface area contributed by atoms with Crippen LogP contribution in [0.15, 0.2) is 53.9 Å². The van der Waals surface area contributed by atoms with Crippen molar-refractivity contribution < 1.29 is 18.7 Å². The molecule has 2 unspecified atom stereocenters. The zero-order valence-electron chi connectivity index (χ0n) is 18.1. The van der Waals surface area contributed by atoms with E-state index in [1.165, 1.54) is 19.2 Å². The highest BCUT2D eigenvalue weighted by Gasteiger charge is 2.36. The average molecular weight is 474 g/mol. The molecule has 4 rings (SSSR count). The highest BCUT2D eigenvalue weighted by atomic mass is 35.5. The molecule has 2 atom stereocenters. The lowest BCUT2D eigenvalue weighted by molar-refractivity contribution is -0.136. The standard InChI is InChI=1S/C23H25ClFN5O3/c1-33-23(32)20-18(13-30-10-7-19(31)27-9-11-30)28-22(17-4-2-3-8-26-17)29-21(20)15-6-5-14(25)12-16(15)24/h2-6,8,12,21-22,28-29H,7,9-11,13H2,1H3,(H,27,31). The molecule has 0 spiro atoms. The minimum Gasteiger partial charge on any atom is -0.466 e. The lowest BCUT2D eigenvalue weighted by atomic mass is 9.93. The van der Waals surface area contributed by atoms with Gasteiger partial charge in [0.2, 0.25) is 5.91 Å². The molecule has 1 fully saturated rings. The van der Waals surface area contributed by atoms with Crippen LogP contribution in [0.1, 0.15) is 29.9 Å². The number of hydrogen-bond donors (Lipinski definition) is 3. The lowest BCUT2D eigenvalue weighted by Gasteiger charge is -2.37. The van der Waals surface area contributed by atoms with Crippen LogP contribution in [0, 0.1) is 5.82 Å². The number of ether oxygens (including phenoxy) is 1. The number of hydrogen-bond acceptors (Lipinski definition) is 7. The first kappa shape index (κ1) is 23.2. The molecule has 2 aromatic rings. The van der Waals surface area contributed by atoms with E-state index < -0.39 is 24.0 Å². The summed E-state index contributed by atoms with van der Waals surface area (Å²) in [5, 5.41) is 9.81. The number of carbonyl (C=O) groups is 2. The molecule has 2 aliphatic heterocycles. The third-order valence-corrected chi connectivity index (χ3v) is 6.04. The van der Waals surface area contributed by atoms with Gasteiger partial charge in [0.25, 0.3) is 0 Å². The van der Waals surface area contributed by atoms with E-state index in [2.05, 4.69) is 25.8 Å². The molecular formula is C23H25ClFN5O3. The maximum absolute atomic E-state index is 13.8. The van der Waals surface area contributed by atoms with Gasteiger partial charge in [0.1, 0.15) is 12.0 Å². The Morgan fingerprint density at radius 2 is 2.15 bits per heavy atom. The van der Waals surface area contributed by atoms with Gasteiger partial charge in [-0.25, -0.2) is 9.18 Å². The van der Waals surface area contributed by atoms with Crippen LogP contribution in [0.4, 0.5) is 4.39 Å². The molecule has 0 bridgehead atoms. The average Bonchev–Trinajstić information content (AvgIpc) is 3.02. The van der Waals surface area contributed by atoms with Gasteiger partial charge >= 0.3 is 5.97 Å². The minimum atomic E-state index is -0.666. The van der Waals surface area contributed by atoms with Crippen molar-refractivity contribution in [2.45, 2.75) is 18.6 Å². The van der Waals surface area contributed by atoms with E-state index in [0.29, 0.717) is 49.4 Å². The quantitative estimate of drug-likeness (QED) is 0.572. The second-order valence-corrected chi connectivity index (χ2v) is 8.26. The number of pyridine rings is 1. The number of nitrogens with zero attached hydrogens (tertiary/aromatic N) is 2. The van der Waals surface area contributed by atoms with Crippen molar-refractivity contribution in [3.63, 3.8) is 0 Å². The van der Waals surface area contributed by atoms with Crippen LogP contribution in [0.3, 0.4) is 0 Å². The zero-order chi connectivity index (χ0) is 23.4. The second-order valence-electron chi connectivity index (χ2n) is 7.86. The van der Waals surface area contributed by atoms with E-state index in [1.54, 1.807) is 12.3 Å². The number of rotatable bonds is 5. The fourth-order valence-electron chi connectivity index (χ4n) is 4.08. The number of nitrogens with one attached hydrogen (secondary N) is 3. The highest BCUT2D eigenvalue weighted by molar-refractivity contribution is 6.31. The molecule has 2 aliphatic rings. The first-order chi connectivity index (χ1) is 16.0. The Morgan fingerprint density at radius 1 is 1.30 bits per heavy atom. The predicted molar refractivity (Wildman–Crippen MR) is 121 cm³/mol. The number of benzene rings is 1. The summed E-state index contributed by atoms with van der Waals surface area (Å²) in [6.45, 7) is 2.10. The van der Waals surface area contributed by atoms with Gasteiger partial charge in [-0.2, -0.15) is 0 Å². The summed E-state index contributed by atoms with van der Waals surface area (Å²) in [4.78, 5) is 31.3. The SMILES string of the molecule is COC(=O)C1=C(CN2CCNC(=O)CC2)NC(c2ccccn2)NC1c1ccc(F)cc1Cl. The summed E-state index contributed by atoms with van der Waals surface area (Å²) < 4.78 is 18.9. The number of methoxy groups -OCH3 is 1. The van der Waals surface area contributed by atoms with E-state index in [0.717, 1.165) is 5.69 Å². The maximum atomic E-state index is 13.8. The fourth-order valence-corrected chi connectivity index (χ4v) is 4.36. The van der Waals surface area contributed by atoms with Crippen LogP contribution in [-0.2, 0) is 14.3 Å². The number of esters is 1. The molecule has 8 nitrogen and oxygen atoms in total. The van der Waals surface area contributed by atoms with Crippen LogP contribution < -0.4 is 16.0 Å². The van der Waals surface area contributed by atoms with Crippen molar-refractivity contribution in [3.05, 3.63) is 76.0 Å². The van der Waals surface area contributed by atoms with Gasteiger partial charge < -0.3 is 15.4 Å². The van der Waals surface area contributed by atoms with Crippen LogP contribution in [-0.4, -0.2) is 55.0 Å². The van der Waals surface area contributed by atoms with Crippen molar-refractivity contribution >= 4 is 23.5 Å². The highest BCUT2D eigenvalue weighted by Crippen LogP contribution is 2.36. The van der Waals surface area contributed by atoms with Crippen molar-refractivity contribution in [2.75, 3.05) is 33.3 Å². The summed E-state index contributed by atoms with van der Waals surface area (Å²) in [7, 11) is 1.32. The van der Waals surface area contributed by atoms with E-state index in [-0.39, 0.29) is 10.9 Å². The second kappa shape index (κ2) is 10.3. The zero-order valence-corrected chi connectivity index (χ0v) is 18.9. The Balaban J connectivity index is 1.78. The molecule has 1 amide bonds. The van der Waals surface area contributed by atoms with Crippen molar-refractivity contribution in [3.8, 4) is 0 Å². The summed E-state index contributed by atoms with van der Waals surface area (Å²) in [6.07, 6.45) is 1.62. The summed E-state index contributed by atoms with van der Waals surface area (Å²) in [5.74, 6) is -0.997. The summed E-state index contributed by atoms with van der Waals surface area (Å²) >= 11 is 6.40. The van der Waals surface area contributed by atoms with E-state index in [1.807, 2.05) is 18.2 Å². The summed E-state index contributed by atoms with van der Waals surface area (Å²) in [5.41, 5.74) is 2.25. The molecule has 3 heterocycles. The van der Waals surface area contributed by atoms with Crippen LogP contribution in [0.2, 0.25) is 5.02 Å². The minimum absolute atomic E-state index is 0.000253. The monoisotopic (exact) mass is 473 g/mol. The Morgan fingerprint density at radius 3 is 2.88 bits per heavy atom. The van der Waals surface area contributed by atoms with Gasteiger partial charge in [-0.05, 0) is 29.8 Å². The Labute approximate surface area is 196 Å². The molecule has 0 radical (unpaired) electrons. The molecule has 1 saturated heterocycles. The van der Waals surface area contributed by atoms with Gasteiger partial charge in [0, 0.05) is 49.5 Å². The number of amides is 1. The Hall–Kier alpha value is -3.01. The van der Waals surface area contributed by atoms with Crippen LogP contribution in [0.5, 0.6) is 0 Å². The van der Waals surface area contributed by atoms with E-state index >= 15 is 0 Å². The normalized spacial score (nSPS) is 21.7. The van der Waals surface area contributed by atoms with E-state index in [9.17, 15) is 14.0 Å². The molecular weight excluding hydrogens is 449 g/mol. The van der Waals surface area contributed by atoms with Gasteiger partial charge in [0.15, 0.2) is 0 Å². The van der Waals surface area contributed by atoms with Crippen molar-refractivity contribution in [1.29, 1.82) is 0 Å². The van der Waals surface area contributed by atoms with Crippen molar-refractivity contribution in [2.24, 2.45) is 0 Å². The lowest BCUT2D eigenvalue weighted by Crippen LogP contribution is -2.48. The molecule has 10 heteroatoms. The molecule has 0 aliphatic carbocycles. The van der Waals surface area contributed by atoms with E-state index in [4.69, 9.17) is 16.3 Å². The van der Waals surface area contributed by atoms with Crippen molar-refractivity contribution in [1.82, 2.24) is 25.8 Å². The smallest absolute Gasteiger partial charge is 0.337 e. The third-order valence-electron chi connectivity index (χ3n) is 5.72. The Bertz CT molecular complexity index is 1070. The fraction of sp³-hybridized carbons (Fsp3) is 0.348. The first-order valence-electron chi connectivity index (χ1n) is 10.6. The molecule has 0 saturated carbocycles. The summed E-state index contributed by atoms with van der Waals surface area (Å²) in [6, 6.07) is 8.97. The number of aromatic nitrogens is 1. The molecule has 33 heavy (non-hydrogen) atoms. The molecule has 3 N–H and O–H groups in total. The predicted octanol–water partition coefficient (Wildman–Crippen LogP) is 2.06. The van der Waals surface area contributed by atoms with Gasteiger partial charge in [-0.15, -0.1) is 0 Å². The molecule has 1 aromatic carbocycles. The largest absolute Gasteiger partial charge is 0.466 e. The molecule has 1 aromatic heterocycles. The van der Waals surface area contributed by atoms with Crippen LogP contribution in [0.25, 0.3) is 0 Å². The van der Waals surface area contributed by atoms with Crippen LogP contribution >= 0.6 is 11.6 Å². The number of halogens is 2. The van der Waals surface area contributed by atoms with Gasteiger partial charge in [0.05, 0.1) is 24.4 Å². The van der Waals surface area contributed by atoms with Gasteiger partial charge in [-0.1, -0.05) is 23.7 Å². The number of carbonyl (C=O) groups excluding carboxylic acids is 2. The first-order valence-corrected chi connectivity index (χ1v) is 11.0. The maximum Gasteiger partial charge on any atom is 0.337 e. The van der Waals surface area contributed by atoms with Gasteiger partial charge in [-0.3, -0.25) is 20.0 Å². The topological polar surface area (TPSA) is 95.6 Å².